The number of aryl methyl sites for hydroxylation is 3. The van der Waals surface area contributed by atoms with Crippen molar-refractivity contribution in [3.63, 3.8) is 0 Å². The number of rotatable bonds is 9. The molecule has 202 valence electrons. The first-order chi connectivity index (χ1) is 18.9. The Morgan fingerprint density at radius 2 is 1.79 bits per heavy atom. The Morgan fingerprint density at radius 1 is 1.08 bits per heavy atom. The smallest absolute Gasteiger partial charge is 0.272 e. The van der Waals surface area contributed by atoms with Crippen LogP contribution in [0.4, 0.5) is 11.5 Å². The van der Waals surface area contributed by atoms with Crippen LogP contribution in [0.25, 0.3) is 21.9 Å². The minimum absolute atomic E-state index is 0.00427. The third-order valence-electron chi connectivity index (χ3n) is 7.73. The van der Waals surface area contributed by atoms with Crippen LogP contribution < -0.4 is 5.32 Å². The van der Waals surface area contributed by atoms with E-state index in [0.717, 1.165) is 59.0 Å². The molecule has 39 heavy (non-hydrogen) atoms. The lowest BCUT2D eigenvalue weighted by Gasteiger charge is -2.22. The summed E-state index contributed by atoms with van der Waals surface area (Å²) in [6.07, 6.45) is 6.15. The summed E-state index contributed by atoms with van der Waals surface area (Å²) in [6, 6.07) is 8.52. The van der Waals surface area contributed by atoms with Gasteiger partial charge in [-0.25, -0.2) is 4.98 Å². The Kier molecular flexibility index (Phi) is 6.05. The molecule has 3 heterocycles. The number of anilines is 2. The van der Waals surface area contributed by atoms with Crippen molar-refractivity contribution in [1.29, 1.82) is 5.26 Å². The summed E-state index contributed by atoms with van der Waals surface area (Å²) >= 11 is 0. The molecule has 1 aromatic carbocycles. The van der Waals surface area contributed by atoms with E-state index in [9.17, 15) is 9.59 Å². The average molecular weight is 528 g/mol. The zero-order valence-corrected chi connectivity index (χ0v) is 22.8. The van der Waals surface area contributed by atoms with E-state index in [4.69, 9.17) is 5.26 Å². The maximum absolute atomic E-state index is 13.8. The maximum atomic E-state index is 13.8. The van der Waals surface area contributed by atoms with E-state index in [1.54, 1.807) is 24.1 Å². The molecule has 6 rings (SSSR count). The van der Waals surface area contributed by atoms with Gasteiger partial charge in [0.1, 0.15) is 23.4 Å². The van der Waals surface area contributed by atoms with Crippen molar-refractivity contribution in [2.45, 2.75) is 64.7 Å². The van der Waals surface area contributed by atoms with Crippen molar-refractivity contribution in [3.05, 3.63) is 35.9 Å². The van der Waals surface area contributed by atoms with Crippen LogP contribution in [0.3, 0.4) is 0 Å². The second-order valence-corrected chi connectivity index (χ2v) is 10.5. The molecule has 11 nitrogen and oxygen atoms in total. The molecule has 2 amide bonds. The molecular formula is C28H33N9O2. The molecule has 2 aliphatic carbocycles. The molecule has 0 unspecified atom stereocenters. The molecule has 0 saturated heterocycles. The average Bonchev–Trinajstić information content (AvgIpc) is 3.83. The fourth-order valence-electron chi connectivity index (χ4n) is 5.54. The van der Waals surface area contributed by atoms with E-state index in [1.807, 2.05) is 36.7 Å². The lowest BCUT2D eigenvalue weighted by molar-refractivity contribution is 0.0718. The topological polar surface area (TPSA) is 117 Å². The van der Waals surface area contributed by atoms with Gasteiger partial charge in [-0.3, -0.25) is 14.3 Å². The number of benzene rings is 1. The predicted molar refractivity (Wildman–Crippen MR) is 148 cm³/mol. The van der Waals surface area contributed by atoms with Crippen molar-refractivity contribution >= 4 is 45.3 Å². The summed E-state index contributed by atoms with van der Waals surface area (Å²) in [6.45, 7) is 5.14. The fraction of sp³-hybridized carbons (Fsp3) is 0.464. The van der Waals surface area contributed by atoms with Crippen LogP contribution in [-0.4, -0.2) is 71.2 Å². The summed E-state index contributed by atoms with van der Waals surface area (Å²) in [5.41, 5.74) is 4.51. The lowest BCUT2D eigenvalue weighted by atomic mass is 10.1. The Hall–Kier alpha value is -4.33. The van der Waals surface area contributed by atoms with Gasteiger partial charge < -0.3 is 24.3 Å². The normalized spacial score (nSPS) is 15.1. The minimum Gasteiger partial charge on any atom is -0.337 e. The number of carbonyl (C=O) groups is 2. The Labute approximate surface area is 226 Å². The Balaban J connectivity index is 1.43. The van der Waals surface area contributed by atoms with E-state index in [-0.39, 0.29) is 18.4 Å². The van der Waals surface area contributed by atoms with Gasteiger partial charge >= 0.3 is 0 Å². The SMILES string of the molecule is CCn1nc(Nc2cc3c(cc(C(=O)N(C4CC4)C4CC4)n3CC)c3c2ncn3C)cc1C(=O)N(C)CC#N. The molecule has 2 saturated carbocycles. The molecule has 4 aromatic rings. The van der Waals surface area contributed by atoms with Gasteiger partial charge in [0.25, 0.3) is 11.8 Å². The summed E-state index contributed by atoms with van der Waals surface area (Å²) in [5, 5.41) is 18.0. The second kappa shape index (κ2) is 9.45. The van der Waals surface area contributed by atoms with Gasteiger partial charge in [0.05, 0.1) is 29.1 Å². The van der Waals surface area contributed by atoms with Crippen LogP contribution in [0, 0.1) is 11.3 Å². The number of fused-ring (bicyclic) bond motifs is 3. The molecule has 0 atom stereocenters. The fourth-order valence-corrected chi connectivity index (χ4v) is 5.54. The van der Waals surface area contributed by atoms with Crippen molar-refractivity contribution in [2.75, 3.05) is 18.9 Å². The first-order valence-electron chi connectivity index (χ1n) is 13.6. The third-order valence-corrected chi connectivity index (χ3v) is 7.73. The Morgan fingerprint density at radius 3 is 2.41 bits per heavy atom. The Bertz CT molecular complexity index is 1630. The van der Waals surface area contributed by atoms with Crippen molar-refractivity contribution in [2.24, 2.45) is 7.05 Å². The highest BCUT2D eigenvalue weighted by Crippen LogP contribution is 2.40. The highest BCUT2D eigenvalue weighted by atomic mass is 16.2. The van der Waals surface area contributed by atoms with E-state index in [2.05, 4.69) is 31.8 Å². The molecule has 0 radical (unpaired) electrons. The summed E-state index contributed by atoms with van der Waals surface area (Å²) in [7, 11) is 3.56. The largest absolute Gasteiger partial charge is 0.337 e. The monoisotopic (exact) mass is 527 g/mol. The van der Waals surface area contributed by atoms with Gasteiger partial charge in [-0.05, 0) is 51.7 Å². The molecule has 3 aromatic heterocycles. The lowest BCUT2D eigenvalue weighted by Crippen LogP contribution is -2.36. The van der Waals surface area contributed by atoms with Crippen LogP contribution in [0.15, 0.2) is 24.5 Å². The van der Waals surface area contributed by atoms with Crippen molar-refractivity contribution in [3.8, 4) is 6.07 Å². The van der Waals surface area contributed by atoms with Gasteiger partial charge in [0.2, 0.25) is 0 Å². The number of hydrogen-bond acceptors (Lipinski definition) is 6. The standard InChI is InChI=1S/C28H33N9O2/c1-5-35-21-14-20(31-24-15-23(36(6-2)32-24)27(38)33(3)12-11-29)25-26(34(4)16-30-25)19(21)13-22(35)28(39)37(17-7-8-17)18-9-10-18/h13-18H,5-10,12H2,1-4H3,(H,31,32). The van der Waals surface area contributed by atoms with Crippen LogP contribution in [0.2, 0.25) is 0 Å². The van der Waals surface area contributed by atoms with Gasteiger partial charge in [0, 0.05) is 50.7 Å². The zero-order valence-electron chi connectivity index (χ0n) is 22.8. The molecular weight excluding hydrogens is 494 g/mol. The van der Waals surface area contributed by atoms with Crippen molar-refractivity contribution in [1.82, 2.24) is 33.7 Å². The number of aromatic nitrogens is 5. The number of imidazole rings is 1. The summed E-state index contributed by atoms with van der Waals surface area (Å²) < 4.78 is 5.71. The predicted octanol–water partition coefficient (Wildman–Crippen LogP) is 3.87. The van der Waals surface area contributed by atoms with E-state index >= 15 is 0 Å². The van der Waals surface area contributed by atoms with Crippen LogP contribution in [0.1, 0.15) is 60.5 Å². The number of carbonyl (C=O) groups excluding carboxylic acids is 2. The molecule has 2 aliphatic rings. The van der Waals surface area contributed by atoms with Crippen LogP contribution >= 0.6 is 0 Å². The first-order valence-corrected chi connectivity index (χ1v) is 13.6. The van der Waals surface area contributed by atoms with Gasteiger partial charge in [-0.2, -0.15) is 10.4 Å². The third kappa shape index (κ3) is 4.20. The van der Waals surface area contributed by atoms with Gasteiger partial charge in [-0.15, -0.1) is 0 Å². The molecule has 0 spiro atoms. The minimum atomic E-state index is -0.267. The van der Waals surface area contributed by atoms with E-state index in [0.29, 0.717) is 36.7 Å². The van der Waals surface area contributed by atoms with Crippen LogP contribution in [0.5, 0.6) is 0 Å². The van der Waals surface area contributed by atoms with Crippen molar-refractivity contribution < 1.29 is 9.59 Å². The highest BCUT2D eigenvalue weighted by Gasteiger charge is 2.43. The molecule has 0 bridgehead atoms. The highest BCUT2D eigenvalue weighted by molar-refractivity contribution is 6.12. The number of nitrogens with one attached hydrogen (secondary N) is 1. The number of nitriles is 1. The first kappa shape index (κ1) is 25.0. The molecule has 11 heteroatoms. The second-order valence-electron chi connectivity index (χ2n) is 10.5. The molecule has 1 N–H and O–H groups in total. The van der Waals surface area contributed by atoms with E-state index in [1.165, 1.54) is 4.90 Å². The molecule has 0 aliphatic heterocycles. The summed E-state index contributed by atoms with van der Waals surface area (Å²) in [5.74, 6) is 0.363. The maximum Gasteiger partial charge on any atom is 0.272 e. The van der Waals surface area contributed by atoms with Gasteiger partial charge in [0.15, 0.2) is 5.82 Å². The number of amides is 2. The zero-order chi connectivity index (χ0) is 27.4. The van der Waals surface area contributed by atoms with Crippen LogP contribution in [-0.2, 0) is 20.1 Å². The molecule has 2 fully saturated rings. The quantitative estimate of drug-likeness (QED) is 0.330. The number of hydrogen-bond donors (Lipinski definition) is 1. The summed E-state index contributed by atoms with van der Waals surface area (Å²) in [4.78, 5) is 34.9. The number of nitrogens with zero attached hydrogens (tertiary/aromatic N) is 8. The van der Waals surface area contributed by atoms with E-state index < -0.39 is 0 Å². The van der Waals surface area contributed by atoms with Gasteiger partial charge in [-0.1, -0.05) is 0 Å².